The second-order valence-corrected chi connectivity index (χ2v) is 6.89. The first kappa shape index (κ1) is 18.7. The van der Waals surface area contributed by atoms with Gasteiger partial charge in [-0.2, -0.15) is 5.10 Å². The van der Waals surface area contributed by atoms with E-state index in [0.29, 0.717) is 33.6 Å². The maximum Gasteiger partial charge on any atom is 0.255 e. The Balaban J connectivity index is 2.00. The average Bonchev–Trinajstić information content (AvgIpc) is 3.34. The van der Waals surface area contributed by atoms with Gasteiger partial charge in [-0.05, 0) is 50.2 Å². The molecular weight excluding hydrogens is 373 g/mol. The van der Waals surface area contributed by atoms with Crippen LogP contribution in [0, 0.1) is 5.82 Å². The number of rotatable bonds is 5. The molecule has 0 fully saturated rings. The Morgan fingerprint density at radius 3 is 2.59 bits per heavy atom. The van der Waals surface area contributed by atoms with E-state index >= 15 is 0 Å². The summed E-state index contributed by atoms with van der Waals surface area (Å²) in [5.74, 6) is 0.334. The maximum atomic E-state index is 13.4. The first-order valence-corrected chi connectivity index (χ1v) is 9.22. The molecule has 0 radical (unpaired) electrons. The number of benzene rings is 2. The van der Waals surface area contributed by atoms with E-state index in [9.17, 15) is 9.18 Å². The number of H-pyrrole nitrogens is 1. The minimum atomic E-state index is -0.360. The van der Waals surface area contributed by atoms with Crippen molar-refractivity contribution >= 4 is 16.9 Å². The monoisotopic (exact) mass is 393 g/mol. The van der Waals surface area contributed by atoms with Crippen LogP contribution in [-0.4, -0.2) is 29.3 Å². The Bertz CT molecular complexity index is 1160. The molecule has 0 saturated carbocycles. The van der Waals surface area contributed by atoms with Gasteiger partial charge < -0.3 is 14.5 Å². The van der Waals surface area contributed by atoms with E-state index < -0.39 is 0 Å². The van der Waals surface area contributed by atoms with Crippen molar-refractivity contribution in [2.45, 2.75) is 20.0 Å². The third kappa shape index (κ3) is 3.47. The first-order chi connectivity index (χ1) is 14.0. The molecular formula is C22H20FN3O3. The zero-order valence-electron chi connectivity index (χ0n) is 16.2. The summed E-state index contributed by atoms with van der Waals surface area (Å²) >= 11 is 0. The highest BCUT2D eigenvalue weighted by Crippen LogP contribution is 2.40. The number of aromatic amines is 1. The van der Waals surface area contributed by atoms with Gasteiger partial charge in [-0.1, -0.05) is 0 Å². The molecule has 6 nitrogen and oxygen atoms in total. The second-order valence-electron chi connectivity index (χ2n) is 6.89. The minimum Gasteiger partial charge on any atom is -0.490 e. The predicted molar refractivity (Wildman–Crippen MR) is 108 cm³/mol. The van der Waals surface area contributed by atoms with Crippen LogP contribution in [-0.2, 0) is 0 Å². The minimum absolute atomic E-state index is 0.0648. The molecule has 0 atom stereocenters. The highest BCUT2D eigenvalue weighted by atomic mass is 19.1. The third-order valence-corrected chi connectivity index (χ3v) is 4.52. The van der Waals surface area contributed by atoms with Gasteiger partial charge >= 0.3 is 0 Å². The largest absolute Gasteiger partial charge is 0.490 e. The molecule has 4 rings (SSSR count). The lowest BCUT2D eigenvalue weighted by molar-refractivity contribution is 0.0964. The van der Waals surface area contributed by atoms with Gasteiger partial charge in [0.1, 0.15) is 22.9 Å². The van der Waals surface area contributed by atoms with Crippen molar-refractivity contribution in [2.75, 3.05) is 7.05 Å². The molecule has 1 amide bonds. The van der Waals surface area contributed by atoms with E-state index in [0.717, 1.165) is 11.1 Å². The van der Waals surface area contributed by atoms with Crippen molar-refractivity contribution in [3.05, 3.63) is 60.2 Å². The fraction of sp³-hybridized carbons (Fsp3) is 0.182. The number of aromatic nitrogens is 2. The Morgan fingerprint density at radius 1 is 1.21 bits per heavy atom. The highest BCUT2D eigenvalue weighted by molar-refractivity contribution is 6.12. The summed E-state index contributed by atoms with van der Waals surface area (Å²) < 4.78 is 25.5. The number of nitrogens with one attached hydrogen (secondary N) is 2. The van der Waals surface area contributed by atoms with E-state index in [1.165, 1.54) is 12.1 Å². The number of nitrogens with zero attached hydrogens (tertiary/aromatic N) is 1. The van der Waals surface area contributed by atoms with E-state index in [2.05, 4.69) is 15.5 Å². The normalized spacial score (nSPS) is 11.2. The van der Waals surface area contributed by atoms with Gasteiger partial charge in [-0.25, -0.2) is 4.39 Å². The van der Waals surface area contributed by atoms with Crippen molar-refractivity contribution in [1.82, 2.24) is 15.5 Å². The fourth-order valence-corrected chi connectivity index (χ4v) is 3.25. The maximum absolute atomic E-state index is 13.4. The van der Waals surface area contributed by atoms with Crippen LogP contribution >= 0.6 is 0 Å². The molecule has 0 unspecified atom stereocenters. The molecule has 0 aliphatic rings. The van der Waals surface area contributed by atoms with E-state index in [1.807, 2.05) is 19.9 Å². The van der Waals surface area contributed by atoms with Gasteiger partial charge in [0.2, 0.25) is 0 Å². The molecule has 148 valence electrons. The SMILES string of the molecule is CNC(=O)c1c(-c2ccc(F)cc2)oc2cc(-c3cn[nH]c3)c(OC(C)C)cc12. The number of hydrogen-bond acceptors (Lipinski definition) is 4. The van der Waals surface area contributed by atoms with Crippen molar-refractivity contribution in [3.63, 3.8) is 0 Å². The first-order valence-electron chi connectivity index (χ1n) is 9.22. The van der Waals surface area contributed by atoms with Gasteiger partial charge in [-0.3, -0.25) is 9.89 Å². The highest BCUT2D eigenvalue weighted by Gasteiger charge is 2.24. The van der Waals surface area contributed by atoms with Crippen LogP contribution in [0.1, 0.15) is 24.2 Å². The lowest BCUT2D eigenvalue weighted by Gasteiger charge is -2.14. The number of ether oxygens (including phenoxy) is 1. The smallest absolute Gasteiger partial charge is 0.255 e. The molecule has 2 aromatic heterocycles. The van der Waals surface area contributed by atoms with Crippen LogP contribution in [0.25, 0.3) is 33.4 Å². The Labute approximate surface area is 166 Å². The van der Waals surface area contributed by atoms with Crippen LogP contribution < -0.4 is 10.1 Å². The molecule has 29 heavy (non-hydrogen) atoms. The number of amides is 1. The summed E-state index contributed by atoms with van der Waals surface area (Å²) in [6.07, 6.45) is 3.39. The van der Waals surface area contributed by atoms with Crippen LogP contribution in [0.3, 0.4) is 0 Å². The Morgan fingerprint density at radius 2 is 1.97 bits per heavy atom. The van der Waals surface area contributed by atoms with E-state index in [1.54, 1.807) is 37.6 Å². The number of halogens is 1. The van der Waals surface area contributed by atoms with Crippen molar-refractivity contribution in [1.29, 1.82) is 0 Å². The molecule has 2 N–H and O–H groups in total. The molecule has 7 heteroatoms. The summed E-state index contributed by atoms with van der Waals surface area (Å²) in [6, 6.07) is 9.47. The van der Waals surface area contributed by atoms with E-state index in [-0.39, 0.29) is 17.8 Å². The molecule has 2 aromatic carbocycles. The average molecular weight is 393 g/mol. The lowest BCUT2D eigenvalue weighted by Crippen LogP contribution is -2.18. The summed E-state index contributed by atoms with van der Waals surface area (Å²) in [7, 11) is 1.56. The molecule has 0 bridgehead atoms. The van der Waals surface area contributed by atoms with Crippen LogP contribution in [0.15, 0.2) is 53.2 Å². The van der Waals surface area contributed by atoms with Gasteiger partial charge in [0.15, 0.2) is 0 Å². The molecule has 0 spiro atoms. The van der Waals surface area contributed by atoms with Gasteiger partial charge in [0.25, 0.3) is 5.91 Å². The quantitative estimate of drug-likeness (QED) is 0.512. The van der Waals surface area contributed by atoms with E-state index in [4.69, 9.17) is 9.15 Å². The number of furan rings is 1. The summed E-state index contributed by atoms with van der Waals surface area (Å²) in [5, 5.41) is 10.1. The fourth-order valence-electron chi connectivity index (χ4n) is 3.25. The van der Waals surface area contributed by atoms with Gasteiger partial charge in [0.05, 0.1) is 17.9 Å². The Kier molecular flexibility index (Phi) is 4.80. The molecule has 4 aromatic rings. The van der Waals surface area contributed by atoms with Crippen molar-refractivity contribution in [2.24, 2.45) is 0 Å². The molecule has 0 aliphatic heterocycles. The zero-order valence-corrected chi connectivity index (χ0v) is 16.2. The summed E-state index contributed by atoms with van der Waals surface area (Å²) in [5.41, 5.74) is 3.14. The second kappa shape index (κ2) is 7.43. The molecule has 2 heterocycles. The van der Waals surface area contributed by atoms with Crippen LogP contribution in [0.5, 0.6) is 5.75 Å². The summed E-state index contributed by atoms with van der Waals surface area (Å²) in [6.45, 7) is 3.87. The predicted octanol–water partition coefficient (Wildman–Crippen LogP) is 4.78. The van der Waals surface area contributed by atoms with Crippen molar-refractivity contribution in [3.8, 4) is 28.2 Å². The lowest BCUT2D eigenvalue weighted by atomic mass is 10.0. The zero-order chi connectivity index (χ0) is 20.5. The standard InChI is InChI=1S/C22H20FN3O3/c1-12(2)28-18-9-17-19(8-16(18)14-10-25-26-11-14)29-21(20(17)22(27)24-3)13-4-6-15(23)7-5-13/h4-12H,1-3H3,(H,24,27)(H,25,26). The number of hydrogen-bond donors (Lipinski definition) is 2. The number of fused-ring (bicyclic) bond motifs is 1. The van der Waals surface area contributed by atoms with Crippen molar-refractivity contribution < 1.29 is 18.3 Å². The van der Waals surface area contributed by atoms with Crippen LogP contribution in [0.2, 0.25) is 0 Å². The Hall–Kier alpha value is -3.61. The molecule has 0 saturated heterocycles. The molecule has 0 aliphatic carbocycles. The number of carbonyl (C=O) groups excluding carboxylic acids is 1. The summed E-state index contributed by atoms with van der Waals surface area (Å²) in [4.78, 5) is 12.7. The third-order valence-electron chi connectivity index (χ3n) is 4.52. The van der Waals surface area contributed by atoms with Crippen LogP contribution in [0.4, 0.5) is 4.39 Å². The van der Waals surface area contributed by atoms with Gasteiger partial charge in [-0.15, -0.1) is 0 Å². The topological polar surface area (TPSA) is 80.2 Å². The number of carbonyl (C=O) groups is 1. The van der Waals surface area contributed by atoms with Gasteiger partial charge in [0, 0.05) is 35.3 Å².